The molecule has 1 heterocycles. The molecule has 5 nitrogen and oxygen atoms in total. The topological polar surface area (TPSA) is 50.8 Å². The third-order valence-electron chi connectivity index (χ3n) is 2.34. The molecule has 17 heavy (non-hydrogen) atoms. The van der Waals surface area contributed by atoms with E-state index in [1.807, 2.05) is 4.90 Å². The molecule has 2 radical (unpaired) electrons. The van der Waals surface area contributed by atoms with E-state index in [0.717, 1.165) is 32.1 Å². The van der Waals surface area contributed by atoms with Crippen LogP contribution in [0.4, 0.5) is 4.79 Å². The van der Waals surface area contributed by atoms with Crippen molar-refractivity contribution in [3.63, 3.8) is 0 Å². The molecule has 6 heteroatoms. The molecular weight excluding hydrogens is 236 g/mol. The summed E-state index contributed by atoms with van der Waals surface area (Å²) in [6, 6.07) is 0.0298. The minimum absolute atomic E-state index is 0.0298. The Kier molecular flexibility index (Phi) is 7.23. The number of amides is 2. The standard InChI is InChI=1S/C11H22N2O3Si/c1-3-7-15-11(16-8-4-2)17-9-13-6-5-12-10(13)14/h11H,3-9H2,1-2H3,(H,12,14). The second kappa shape index (κ2) is 8.49. The van der Waals surface area contributed by atoms with Crippen molar-refractivity contribution in [1.29, 1.82) is 0 Å². The molecule has 1 N–H and O–H groups in total. The minimum atomic E-state index is -0.150. The lowest BCUT2D eigenvalue weighted by molar-refractivity contribution is -0.0908. The zero-order valence-corrected chi connectivity index (χ0v) is 11.7. The van der Waals surface area contributed by atoms with Crippen LogP contribution in [-0.2, 0) is 9.47 Å². The Balaban J connectivity index is 2.23. The van der Waals surface area contributed by atoms with Crippen LogP contribution in [0.15, 0.2) is 0 Å². The molecule has 98 valence electrons. The van der Waals surface area contributed by atoms with Gasteiger partial charge in [-0.05, 0) is 12.8 Å². The van der Waals surface area contributed by atoms with Crippen LogP contribution >= 0.6 is 0 Å². The summed E-state index contributed by atoms with van der Waals surface area (Å²) in [5.41, 5.74) is 0. The molecule has 1 fully saturated rings. The smallest absolute Gasteiger partial charge is 0.317 e. The maximum atomic E-state index is 11.4. The van der Waals surface area contributed by atoms with Gasteiger partial charge in [-0.2, -0.15) is 0 Å². The number of rotatable bonds is 9. The first-order chi connectivity index (χ1) is 8.27. The minimum Gasteiger partial charge on any atom is -0.357 e. The van der Waals surface area contributed by atoms with E-state index in [1.165, 1.54) is 0 Å². The van der Waals surface area contributed by atoms with Crippen LogP contribution < -0.4 is 5.32 Å². The number of ether oxygens (including phenoxy) is 2. The molecule has 1 saturated heterocycles. The Labute approximate surface area is 106 Å². The first kappa shape index (κ1) is 14.5. The monoisotopic (exact) mass is 258 g/mol. The van der Waals surface area contributed by atoms with Gasteiger partial charge in [0.05, 0.1) is 0 Å². The molecular formula is C11H22N2O3Si. The normalized spacial score (nSPS) is 15.7. The van der Waals surface area contributed by atoms with Gasteiger partial charge in [-0.15, -0.1) is 0 Å². The second-order valence-corrected chi connectivity index (χ2v) is 5.13. The summed E-state index contributed by atoms with van der Waals surface area (Å²) >= 11 is 0. The number of carbonyl (C=O) groups excluding carboxylic acids is 1. The van der Waals surface area contributed by atoms with Crippen molar-refractivity contribution in [2.24, 2.45) is 0 Å². The van der Waals surface area contributed by atoms with E-state index in [4.69, 9.17) is 9.47 Å². The second-order valence-electron chi connectivity index (χ2n) is 3.93. The molecule has 0 aromatic rings. The van der Waals surface area contributed by atoms with Crippen molar-refractivity contribution in [1.82, 2.24) is 10.2 Å². The zero-order chi connectivity index (χ0) is 12.5. The lowest BCUT2D eigenvalue weighted by Crippen LogP contribution is -2.38. The fourth-order valence-electron chi connectivity index (χ4n) is 1.46. The number of nitrogens with zero attached hydrogens (tertiary/aromatic N) is 1. The number of urea groups is 1. The number of carbonyl (C=O) groups is 1. The van der Waals surface area contributed by atoms with Crippen molar-refractivity contribution < 1.29 is 14.3 Å². The average molecular weight is 258 g/mol. The third kappa shape index (κ3) is 5.52. The van der Waals surface area contributed by atoms with E-state index in [2.05, 4.69) is 19.2 Å². The Hall–Kier alpha value is -0.593. The van der Waals surface area contributed by atoms with Gasteiger partial charge in [0.15, 0.2) is 0 Å². The van der Waals surface area contributed by atoms with Crippen LogP contribution in [0.5, 0.6) is 0 Å². The lowest BCUT2D eigenvalue weighted by Gasteiger charge is -2.20. The third-order valence-corrected chi connectivity index (χ3v) is 3.57. The SMILES string of the molecule is CCCOC(OCCC)[Si]CN1CCNC1=O. The van der Waals surface area contributed by atoms with Crippen LogP contribution in [0.25, 0.3) is 0 Å². The van der Waals surface area contributed by atoms with E-state index in [1.54, 1.807) is 0 Å². The Morgan fingerprint density at radius 3 is 2.47 bits per heavy atom. The summed E-state index contributed by atoms with van der Waals surface area (Å²) in [7, 11) is 0.484. The molecule has 0 spiro atoms. The van der Waals surface area contributed by atoms with Gasteiger partial charge in [0.2, 0.25) is 0 Å². The highest BCUT2D eigenvalue weighted by atomic mass is 28.2. The van der Waals surface area contributed by atoms with Gasteiger partial charge in [-0.3, -0.25) is 0 Å². The summed E-state index contributed by atoms with van der Waals surface area (Å²) in [5.74, 6) is -0.150. The maximum Gasteiger partial charge on any atom is 0.317 e. The number of nitrogens with one attached hydrogen (secondary N) is 1. The van der Waals surface area contributed by atoms with Crippen LogP contribution in [0, 0.1) is 0 Å². The lowest BCUT2D eigenvalue weighted by atomic mass is 10.5. The molecule has 0 saturated carbocycles. The molecule has 0 aromatic heterocycles. The summed E-state index contributed by atoms with van der Waals surface area (Å²) in [5, 5.41) is 2.79. The highest BCUT2D eigenvalue weighted by molar-refractivity contribution is 6.37. The fraction of sp³-hybridized carbons (Fsp3) is 0.909. The predicted octanol–water partition coefficient (Wildman–Crippen LogP) is 0.810. The summed E-state index contributed by atoms with van der Waals surface area (Å²) < 4.78 is 11.2. The molecule has 0 aliphatic carbocycles. The molecule has 1 aliphatic rings. The van der Waals surface area contributed by atoms with Crippen molar-refractivity contribution in [2.45, 2.75) is 32.6 Å². The fourth-order valence-corrected chi connectivity index (χ4v) is 2.61. The Morgan fingerprint density at radius 2 is 2.00 bits per heavy atom. The predicted molar refractivity (Wildman–Crippen MR) is 67.0 cm³/mol. The summed E-state index contributed by atoms with van der Waals surface area (Å²) in [4.78, 5) is 13.2. The van der Waals surface area contributed by atoms with Crippen LogP contribution in [0.2, 0.25) is 0 Å². The van der Waals surface area contributed by atoms with Crippen molar-refractivity contribution in [2.75, 3.05) is 32.5 Å². The summed E-state index contributed by atoms with van der Waals surface area (Å²) in [6.07, 6.45) is 2.70. The Morgan fingerprint density at radius 1 is 1.35 bits per heavy atom. The molecule has 2 amide bonds. The maximum absolute atomic E-state index is 11.4. The van der Waals surface area contributed by atoms with Gasteiger partial charge in [0.1, 0.15) is 15.4 Å². The molecule has 0 atom stereocenters. The van der Waals surface area contributed by atoms with Crippen LogP contribution in [0.3, 0.4) is 0 Å². The molecule has 0 unspecified atom stereocenters. The van der Waals surface area contributed by atoms with Gasteiger partial charge in [-0.1, -0.05) is 13.8 Å². The molecule has 0 aromatic carbocycles. The highest BCUT2D eigenvalue weighted by Gasteiger charge is 2.21. The number of hydrogen-bond donors (Lipinski definition) is 1. The molecule has 0 bridgehead atoms. The van der Waals surface area contributed by atoms with E-state index in [-0.39, 0.29) is 11.9 Å². The molecule has 1 aliphatic heterocycles. The zero-order valence-electron chi connectivity index (χ0n) is 10.7. The van der Waals surface area contributed by atoms with E-state index < -0.39 is 0 Å². The van der Waals surface area contributed by atoms with E-state index >= 15 is 0 Å². The van der Waals surface area contributed by atoms with Crippen molar-refractivity contribution >= 4 is 15.6 Å². The first-order valence-corrected chi connectivity index (χ1v) is 7.55. The number of hydrogen-bond acceptors (Lipinski definition) is 3. The quantitative estimate of drug-likeness (QED) is 0.492. The average Bonchev–Trinajstić information content (AvgIpc) is 2.74. The van der Waals surface area contributed by atoms with Crippen molar-refractivity contribution in [3.05, 3.63) is 0 Å². The summed E-state index contributed by atoms with van der Waals surface area (Å²) in [6.45, 7) is 7.13. The van der Waals surface area contributed by atoms with Crippen LogP contribution in [0.1, 0.15) is 26.7 Å². The van der Waals surface area contributed by atoms with E-state index in [0.29, 0.717) is 22.7 Å². The van der Waals surface area contributed by atoms with Gasteiger partial charge in [0.25, 0.3) is 0 Å². The first-order valence-electron chi connectivity index (χ1n) is 6.27. The van der Waals surface area contributed by atoms with Gasteiger partial charge < -0.3 is 19.7 Å². The Bertz CT molecular complexity index is 221. The highest BCUT2D eigenvalue weighted by Crippen LogP contribution is 2.00. The largest absolute Gasteiger partial charge is 0.357 e. The molecule has 1 rings (SSSR count). The van der Waals surface area contributed by atoms with Gasteiger partial charge in [0, 0.05) is 32.5 Å². The van der Waals surface area contributed by atoms with Gasteiger partial charge >= 0.3 is 6.03 Å². The van der Waals surface area contributed by atoms with Crippen LogP contribution in [-0.4, -0.2) is 58.8 Å². The van der Waals surface area contributed by atoms with Crippen molar-refractivity contribution in [3.8, 4) is 0 Å². The van der Waals surface area contributed by atoms with Gasteiger partial charge in [-0.25, -0.2) is 4.79 Å². The van der Waals surface area contributed by atoms with E-state index in [9.17, 15) is 4.79 Å².